The summed E-state index contributed by atoms with van der Waals surface area (Å²) in [6.07, 6.45) is 1.43. The zero-order valence-electron chi connectivity index (χ0n) is 11.0. The first-order valence-electron chi connectivity index (χ1n) is 6.35. The molecule has 1 unspecified atom stereocenters. The van der Waals surface area contributed by atoms with E-state index in [0.717, 1.165) is 17.7 Å². The second-order valence-electron chi connectivity index (χ2n) is 4.98. The maximum Gasteiger partial charge on any atom is 0.152 e. The summed E-state index contributed by atoms with van der Waals surface area (Å²) >= 11 is 6.21. The van der Waals surface area contributed by atoms with Crippen LogP contribution >= 0.6 is 11.6 Å². The summed E-state index contributed by atoms with van der Waals surface area (Å²) in [6.45, 7) is 0.565. The number of benzene rings is 1. The van der Waals surface area contributed by atoms with Crippen molar-refractivity contribution in [2.24, 2.45) is 5.73 Å². The van der Waals surface area contributed by atoms with Crippen LogP contribution in [0, 0.1) is 0 Å². The molecule has 0 saturated carbocycles. The van der Waals surface area contributed by atoms with Gasteiger partial charge >= 0.3 is 0 Å². The lowest BCUT2D eigenvalue weighted by Crippen LogP contribution is -2.32. The van der Waals surface area contributed by atoms with Crippen LogP contribution in [0.1, 0.15) is 12.0 Å². The fourth-order valence-corrected chi connectivity index (χ4v) is 4.45. The number of halogens is 1. The normalized spacial score (nSPS) is 21.5. The molecule has 19 heavy (non-hydrogen) atoms. The van der Waals surface area contributed by atoms with E-state index >= 15 is 0 Å². The fourth-order valence-electron chi connectivity index (χ4n) is 2.41. The summed E-state index contributed by atoms with van der Waals surface area (Å²) < 4.78 is 23.0. The lowest BCUT2D eigenvalue weighted by molar-refractivity contribution is 0.601. The molecule has 1 atom stereocenters. The number of nitrogens with two attached hydrogens (primary N) is 1. The van der Waals surface area contributed by atoms with Gasteiger partial charge in [-0.2, -0.15) is 0 Å². The van der Waals surface area contributed by atoms with Gasteiger partial charge in [0.05, 0.1) is 11.5 Å². The Balaban J connectivity index is 2.16. The highest BCUT2D eigenvalue weighted by Crippen LogP contribution is 2.27. The van der Waals surface area contributed by atoms with Crippen LogP contribution in [0.3, 0.4) is 0 Å². The minimum atomic E-state index is -2.87. The van der Waals surface area contributed by atoms with Gasteiger partial charge in [-0.25, -0.2) is 8.42 Å². The smallest absolute Gasteiger partial charge is 0.152 e. The first-order valence-corrected chi connectivity index (χ1v) is 8.54. The summed E-state index contributed by atoms with van der Waals surface area (Å²) in [5.74, 6) is 0.507. The Hall–Kier alpha value is -0.780. The Morgan fingerprint density at radius 2 is 2.21 bits per heavy atom. The summed E-state index contributed by atoms with van der Waals surface area (Å²) in [4.78, 5) is 2.00. The van der Waals surface area contributed by atoms with Crippen molar-refractivity contribution in [3.05, 3.63) is 28.8 Å². The third-order valence-corrected chi connectivity index (χ3v) is 5.72. The maximum atomic E-state index is 11.5. The van der Waals surface area contributed by atoms with Crippen LogP contribution in [0.4, 0.5) is 5.69 Å². The molecule has 0 aromatic heterocycles. The van der Waals surface area contributed by atoms with Crippen LogP contribution in [0.25, 0.3) is 0 Å². The zero-order valence-corrected chi connectivity index (χ0v) is 12.5. The molecule has 1 aliphatic heterocycles. The Bertz CT molecular complexity index is 560. The lowest BCUT2D eigenvalue weighted by Gasteiger charge is -2.26. The minimum absolute atomic E-state index is 0.0430. The molecule has 0 amide bonds. The van der Waals surface area contributed by atoms with Crippen molar-refractivity contribution in [2.75, 3.05) is 30.0 Å². The van der Waals surface area contributed by atoms with Crippen LogP contribution in [0.15, 0.2) is 18.2 Å². The first-order chi connectivity index (χ1) is 8.93. The van der Waals surface area contributed by atoms with Crippen molar-refractivity contribution in [3.8, 4) is 0 Å². The average molecular weight is 303 g/mol. The Morgan fingerprint density at radius 3 is 2.74 bits per heavy atom. The molecule has 1 fully saturated rings. The van der Waals surface area contributed by atoms with Crippen molar-refractivity contribution >= 4 is 27.1 Å². The van der Waals surface area contributed by atoms with E-state index in [-0.39, 0.29) is 17.5 Å². The molecule has 0 bridgehead atoms. The number of anilines is 1. The van der Waals surface area contributed by atoms with Crippen molar-refractivity contribution < 1.29 is 8.42 Å². The Morgan fingerprint density at radius 1 is 1.47 bits per heavy atom. The van der Waals surface area contributed by atoms with Crippen LogP contribution < -0.4 is 10.6 Å². The average Bonchev–Trinajstić information content (AvgIpc) is 2.71. The van der Waals surface area contributed by atoms with Crippen molar-refractivity contribution in [3.63, 3.8) is 0 Å². The van der Waals surface area contributed by atoms with Gasteiger partial charge in [-0.3, -0.25) is 0 Å². The van der Waals surface area contributed by atoms with Gasteiger partial charge in [-0.05, 0) is 37.1 Å². The van der Waals surface area contributed by atoms with Gasteiger partial charge in [-0.1, -0.05) is 17.7 Å². The maximum absolute atomic E-state index is 11.5. The predicted molar refractivity (Wildman–Crippen MR) is 79.7 cm³/mol. The van der Waals surface area contributed by atoms with Gasteiger partial charge in [0.25, 0.3) is 0 Å². The van der Waals surface area contributed by atoms with Crippen LogP contribution in [0.5, 0.6) is 0 Å². The highest BCUT2D eigenvalue weighted by atomic mass is 35.5. The summed E-state index contributed by atoms with van der Waals surface area (Å²) in [6, 6.07) is 5.87. The summed E-state index contributed by atoms with van der Waals surface area (Å²) in [7, 11) is -0.950. The highest BCUT2D eigenvalue weighted by Gasteiger charge is 2.30. The molecule has 1 aliphatic rings. The van der Waals surface area contributed by atoms with Crippen LogP contribution in [-0.4, -0.2) is 39.6 Å². The fraction of sp³-hybridized carbons (Fsp3) is 0.538. The summed E-state index contributed by atoms with van der Waals surface area (Å²) in [5.41, 5.74) is 7.50. The SMILES string of the molecule is CN(c1ccc(CCN)c(Cl)c1)C1CCS(=O)(=O)C1. The molecule has 1 aromatic carbocycles. The number of hydrogen-bond donors (Lipinski definition) is 1. The molecular weight excluding hydrogens is 284 g/mol. The molecule has 0 spiro atoms. The van der Waals surface area contributed by atoms with Gasteiger partial charge in [0.15, 0.2) is 9.84 Å². The molecule has 1 heterocycles. The van der Waals surface area contributed by atoms with E-state index in [9.17, 15) is 8.42 Å². The third-order valence-electron chi connectivity index (χ3n) is 3.61. The Labute approximate surface area is 119 Å². The van der Waals surface area contributed by atoms with E-state index < -0.39 is 9.84 Å². The molecule has 1 aromatic rings. The number of nitrogens with zero attached hydrogens (tertiary/aromatic N) is 1. The monoisotopic (exact) mass is 302 g/mol. The van der Waals surface area contributed by atoms with Crippen molar-refractivity contribution in [2.45, 2.75) is 18.9 Å². The molecule has 106 valence electrons. The van der Waals surface area contributed by atoms with E-state index in [2.05, 4.69) is 0 Å². The molecule has 2 N–H and O–H groups in total. The molecular formula is C13H19ClN2O2S. The number of hydrogen-bond acceptors (Lipinski definition) is 4. The van der Waals surface area contributed by atoms with Gasteiger partial charge in [0, 0.05) is 23.8 Å². The van der Waals surface area contributed by atoms with Gasteiger partial charge < -0.3 is 10.6 Å². The van der Waals surface area contributed by atoms with E-state index in [1.54, 1.807) is 0 Å². The quantitative estimate of drug-likeness (QED) is 0.915. The van der Waals surface area contributed by atoms with Gasteiger partial charge in [-0.15, -0.1) is 0 Å². The second kappa shape index (κ2) is 5.69. The van der Waals surface area contributed by atoms with E-state index in [1.807, 2.05) is 30.1 Å². The lowest BCUT2D eigenvalue weighted by atomic mass is 10.1. The van der Waals surface area contributed by atoms with Gasteiger partial charge in [0.2, 0.25) is 0 Å². The van der Waals surface area contributed by atoms with E-state index in [1.165, 1.54) is 0 Å². The molecule has 2 rings (SSSR count). The topological polar surface area (TPSA) is 63.4 Å². The van der Waals surface area contributed by atoms with Gasteiger partial charge in [0.1, 0.15) is 0 Å². The second-order valence-corrected chi connectivity index (χ2v) is 7.62. The van der Waals surface area contributed by atoms with E-state index in [0.29, 0.717) is 18.0 Å². The van der Waals surface area contributed by atoms with Crippen LogP contribution in [0.2, 0.25) is 5.02 Å². The van der Waals surface area contributed by atoms with Crippen molar-refractivity contribution in [1.29, 1.82) is 0 Å². The van der Waals surface area contributed by atoms with E-state index in [4.69, 9.17) is 17.3 Å². The first kappa shape index (κ1) is 14.6. The minimum Gasteiger partial charge on any atom is -0.371 e. The molecule has 1 saturated heterocycles. The highest BCUT2D eigenvalue weighted by molar-refractivity contribution is 7.91. The molecule has 4 nitrogen and oxygen atoms in total. The number of rotatable bonds is 4. The predicted octanol–water partition coefficient (Wildman–Crippen LogP) is 1.46. The number of sulfone groups is 1. The zero-order chi connectivity index (χ0) is 14.0. The standard InChI is InChI=1S/C13H19ClN2O2S/c1-16(12-5-7-19(17,18)9-12)11-3-2-10(4-6-15)13(14)8-11/h2-3,8,12H,4-7,9,15H2,1H3. The molecule has 0 aliphatic carbocycles. The van der Waals surface area contributed by atoms with Crippen molar-refractivity contribution in [1.82, 2.24) is 0 Å². The largest absolute Gasteiger partial charge is 0.371 e. The van der Waals surface area contributed by atoms with Crippen LogP contribution in [-0.2, 0) is 16.3 Å². The Kier molecular flexibility index (Phi) is 4.38. The molecule has 6 heteroatoms. The third kappa shape index (κ3) is 3.41. The molecule has 0 radical (unpaired) electrons. The summed E-state index contributed by atoms with van der Waals surface area (Å²) in [5, 5.41) is 0.690.